The van der Waals surface area contributed by atoms with Gasteiger partial charge in [-0.2, -0.15) is 0 Å². The van der Waals surface area contributed by atoms with Crippen LogP contribution in [-0.2, 0) is 4.74 Å². The Bertz CT molecular complexity index is 240. The third kappa shape index (κ3) is 3.81. The molecule has 0 aliphatic carbocycles. The molecule has 1 unspecified atom stereocenters. The largest absolute Gasteiger partial charge is 0.381 e. The number of hydrogen-bond acceptors (Lipinski definition) is 4. The molecule has 4 heteroatoms. The summed E-state index contributed by atoms with van der Waals surface area (Å²) in [5.41, 5.74) is 6.72. The number of aromatic nitrogens is 2. The van der Waals surface area contributed by atoms with Gasteiger partial charge < -0.3 is 10.5 Å². The highest BCUT2D eigenvalue weighted by Gasteiger charge is 2.06. The molecule has 2 N–H and O–H groups in total. The molecule has 0 saturated carbocycles. The Hall–Kier alpha value is -1.00. The molecule has 14 heavy (non-hydrogen) atoms. The topological polar surface area (TPSA) is 61.0 Å². The van der Waals surface area contributed by atoms with E-state index in [0.717, 1.165) is 25.1 Å². The number of hydrogen-bond donors (Lipinski definition) is 1. The van der Waals surface area contributed by atoms with Crippen LogP contribution < -0.4 is 5.73 Å². The summed E-state index contributed by atoms with van der Waals surface area (Å²) < 4.78 is 5.35. The lowest BCUT2D eigenvalue weighted by molar-refractivity contribution is 0.127. The van der Waals surface area contributed by atoms with E-state index in [2.05, 4.69) is 16.9 Å². The molecule has 78 valence electrons. The van der Waals surface area contributed by atoms with Gasteiger partial charge in [-0.3, -0.25) is 9.97 Å². The van der Waals surface area contributed by atoms with Crippen LogP contribution in [0.1, 0.15) is 31.5 Å². The van der Waals surface area contributed by atoms with Gasteiger partial charge in [-0.25, -0.2) is 0 Å². The standard InChI is InChI=1S/C10H17N3O/c1-2-6-14-7-3-9(11)10-8-12-4-5-13-10/h4-5,8-9H,2-3,6-7,11H2,1H3. The zero-order valence-electron chi connectivity index (χ0n) is 8.52. The van der Waals surface area contributed by atoms with Crippen molar-refractivity contribution in [2.75, 3.05) is 13.2 Å². The Morgan fingerprint density at radius 1 is 1.43 bits per heavy atom. The molecule has 0 aromatic carbocycles. The summed E-state index contributed by atoms with van der Waals surface area (Å²) >= 11 is 0. The second kappa shape index (κ2) is 6.45. The zero-order chi connectivity index (χ0) is 10.2. The molecule has 1 heterocycles. The van der Waals surface area contributed by atoms with Crippen molar-refractivity contribution in [2.45, 2.75) is 25.8 Å². The number of rotatable bonds is 6. The van der Waals surface area contributed by atoms with E-state index in [-0.39, 0.29) is 6.04 Å². The molecule has 1 aromatic rings. The highest BCUT2D eigenvalue weighted by atomic mass is 16.5. The van der Waals surface area contributed by atoms with Gasteiger partial charge in [-0.15, -0.1) is 0 Å². The Balaban J connectivity index is 2.25. The first-order chi connectivity index (χ1) is 6.84. The Kier molecular flexibility index (Phi) is 5.11. The van der Waals surface area contributed by atoms with Gasteiger partial charge in [0.1, 0.15) is 0 Å². The van der Waals surface area contributed by atoms with Gasteiger partial charge in [0.15, 0.2) is 0 Å². The normalized spacial score (nSPS) is 12.7. The van der Waals surface area contributed by atoms with E-state index in [1.807, 2.05) is 0 Å². The Labute approximate surface area is 84.5 Å². The second-order valence-electron chi connectivity index (χ2n) is 3.14. The van der Waals surface area contributed by atoms with Crippen LogP contribution in [0.25, 0.3) is 0 Å². The molecule has 0 fully saturated rings. The molecule has 0 spiro atoms. The summed E-state index contributed by atoms with van der Waals surface area (Å²) in [5, 5.41) is 0. The van der Waals surface area contributed by atoms with Crippen LogP contribution in [0.5, 0.6) is 0 Å². The van der Waals surface area contributed by atoms with Crippen molar-refractivity contribution in [1.82, 2.24) is 9.97 Å². The predicted molar refractivity (Wildman–Crippen MR) is 54.7 cm³/mol. The maximum atomic E-state index is 5.89. The third-order valence-electron chi connectivity index (χ3n) is 1.88. The van der Waals surface area contributed by atoms with Crippen molar-refractivity contribution in [1.29, 1.82) is 0 Å². The molecule has 1 aromatic heterocycles. The van der Waals surface area contributed by atoms with Crippen molar-refractivity contribution in [3.8, 4) is 0 Å². The molecule has 0 aliphatic heterocycles. The molecule has 1 rings (SSSR count). The van der Waals surface area contributed by atoms with Crippen LogP contribution >= 0.6 is 0 Å². The maximum Gasteiger partial charge on any atom is 0.0754 e. The summed E-state index contributed by atoms with van der Waals surface area (Å²) in [6.45, 7) is 3.57. The average molecular weight is 195 g/mol. The minimum Gasteiger partial charge on any atom is -0.381 e. The van der Waals surface area contributed by atoms with Crippen LogP contribution in [-0.4, -0.2) is 23.2 Å². The lowest BCUT2D eigenvalue weighted by Gasteiger charge is -2.09. The summed E-state index contributed by atoms with van der Waals surface area (Å²) in [6.07, 6.45) is 6.83. The summed E-state index contributed by atoms with van der Waals surface area (Å²) in [5.74, 6) is 0. The number of ether oxygens (including phenoxy) is 1. The van der Waals surface area contributed by atoms with Crippen LogP contribution in [0.4, 0.5) is 0 Å². The van der Waals surface area contributed by atoms with Gasteiger partial charge in [-0.05, 0) is 12.8 Å². The van der Waals surface area contributed by atoms with Gasteiger partial charge in [0, 0.05) is 31.8 Å². The first-order valence-electron chi connectivity index (χ1n) is 4.93. The van der Waals surface area contributed by atoms with Gasteiger partial charge in [0.2, 0.25) is 0 Å². The van der Waals surface area contributed by atoms with E-state index in [4.69, 9.17) is 10.5 Å². The summed E-state index contributed by atoms with van der Waals surface area (Å²) in [7, 11) is 0. The predicted octanol–water partition coefficient (Wildman–Crippen LogP) is 1.29. The van der Waals surface area contributed by atoms with Crippen LogP contribution in [0.3, 0.4) is 0 Å². The number of nitrogens with zero attached hydrogens (tertiary/aromatic N) is 2. The lowest BCUT2D eigenvalue weighted by Crippen LogP contribution is -2.14. The second-order valence-corrected chi connectivity index (χ2v) is 3.14. The van der Waals surface area contributed by atoms with Crippen LogP contribution in [0.2, 0.25) is 0 Å². The zero-order valence-corrected chi connectivity index (χ0v) is 8.52. The van der Waals surface area contributed by atoms with Gasteiger partial charge in [0.25, 0.3) is 0 Å². The Morgan fingerprint density at radius 2 is 2.29 bits per heavy atom. The van der Waals surface area contributed by atoms with E-state index < -0.39 is 0 Å². The first kappa shape index (κ1) is 11.1. The van der Waals surface area contributed by atoms with Crippen molar-refractivity contribution in [3.05, 3.63) is 24.3 Å². The van der Waals surface area contributed by atoms with Crippen molar-refractivity contribution in [2.24, 2.45) is 5.73 Å². The van der Waals surface area contributed by atoms with E-state index in [9.17, 15) is 0 Å². The molecule has 0 saturated heterocycles. The Morgan fingerprint density at radius 3 is 2.93 bits per heavy atom. The van der Waals surface area contributed by atoms with Crippen molar-refractivity contribution in [3.63, 3.8) is 0 Å². The molecular weight excluding hydrogens is 178 g/mol. The maximum absolute atomic E-state index is 5.89. The first-order valence-corrected chi connectivity index (χ1v) is 4.93. The van der Waals surface area contributed by atoms with Crippen molar-refractivity contribution >= 4 is 0 Å². The summed E-state index contributed by atoms with van der Waals surface area (Å²) in [4.78, 5) is 8.10. The quantitative estimate of drug-likeness (QED) is 0.695. The summed E-state index contributed by atoms with van der Waals surface area (Å²) in [6, 6.07) is -0.0689. The van der Waals surface area contributed by atoms with Gasteiger partial charge in [-0.1, -0.05) is 6.92 Å². The smallest absolute Gasteiger partial charge is 0.0754 e. The molecular formula is C10H17N3O. The molecule has 1 atom stereocenters. The highest BCUT2D eigenvalue weighted by molar-refractivity contribution is 5.00. The fourth-order valence-corrected chi connectivity index (χ4v) is 1.11. The average Bonchev–Trinajstić information content (AvgIpc) is 2.25. The molecule has 0 bridgehead atoms. The SMILES string of the molecule is CCCOCCC(N)c1cnccn1. The van der Waals surface area contributed by atoms with Gasteiger partial charge >= 0.3 is 0 Å². The minimum absolute atomic E-state index is 0.0689. The van der Waals surface area contributed by atoms with Gasteiger partial charge in [0.05, 0.1) is 11.7 Å². The molecule has 4 nitrogen and oxygen atoms in total. The molecule has 0 amide bonds. The van der Waals surface area contributed by atoms with E-state index in [1.54, 1.807) is 18.6 Å². The number of nitrogens with two attached hydrogens (primary N) is 1. The third-order valence-corrected chi connectivity index (χ3v) is 1.88. The lowest BCUT2D eigenvalue weighted by atomic mass is 10.2. The molecule has 0 aliphatic rings. The van der Waals surface area contributed by atoms with Crippen LogP contribution in [0, 0.1) is 0 Å². The highest BCUT2D eigenvalue weighted by Crippen LogP contribution is 2.08. The van der Waals surface area contributed by atoms with Crippen LogP contribution in [0.15, 0.2) is 18.6 Å². The van der Waals surface area contributed by atoms with E-state index in [1.165, 1.54) is 0 Å². The fourth-order valence-electron chi connectivity index (χ4n) is 1.11. The molecule has 0 radical (unpaired) electrons. The monoisotopic (exact) mass is 195 g/mol. The van der Waals surface area contributed by atoms with E-state index in [0.29, 0.717) is 6.61 Å². The van der Waals surface area contributed by atoms with Crippen molar-refractivity contribution < 1.29 is 4.74 Å². The fraction of sp³-hybridized carbons (Fsp3) is 0.600. The van der Waals surface area contributed by atoms with E-state index >= 15 is 0 Å². The minimum atomic E-state index is -0.0689.